The van der Waals surface area contributed by atoms with Crippen molar-refractivity contribution >= 4 is 27.7 Å². The third-order valence-electron chi connectivity index (χ3n) is 9.82. The Hall–Kier alpha value is -4.06. The topological polar surface area (TPSA) is 128 Å². The molecule has 0 spiro atoms. The van der Waals surface area contributed by atoms with Gasteiger partial charge < -0.3 is 20.4 Å². The Morgan fingerprint density at radius 2 is 1.51 bits per heavy atom. The van der Waals surface area contributed by atoms with Crippen molar-refractivity contribution in [2.75, 3.05) is 32.9 Å². The van der Waals surface area contributed by atoms with Gasteiger partial charge in [-0.15, -0.1) is 0 Å². The predicted molar refractivity (Wildman–Crippen MR) is 191 cm³/mol. The number of nitrogens with one attached hydrogen (secondary N) is 3. The standard InChI is InChI=1S/C38H49N5O5S/c1-28(39-2)35(44)40-38(26-32(38)24-30-16-9-5-10-17-30)37(46)43-22-13-20-33(43)27-42(23-21-29-14-7-4-8-15-29)36(45)34(41-49(3,47)48)25-31-18-11-6-12-19-31/h4-12,14-19,28,32-34,39,41H,13,20-27H2,1-3H3,(H,40,44)/t28-,32?,33-,34+,38?/m0/s1. The molecule has 11 heteroatoms. The molecule has 2 unspecified atom stereocenters. The van der Waals surface area contributed by atoms with Crippen LogP contribution in [0.4, 0.5) is 0 Å². The average molecular weight is 688 g/mol. The van der Waals surface area contributed by atoms with Gasteiger partial charge in [0.05, 0.1) is 12.3 Å². The van der Waals surface area contributed by atoms with Gasteiger partial charge in [-0.3, -0.25) is 14.4 Å². The number of amides is 3. The van der Waals surface area contributed by atoms with Gasteiger partial charge in [0.25, 0.3) is 0 Å². The summed E-state index contributed by atoms with van der Waals surface area (Å²) >= 11 is 0. The fourth-order valence-electron chi connectivity index (χ4n) is 6.91. The van der Waals surface area contributed by atoms with Gasteiger partial charge in [-0.05, 0) is 75.1 Å². The summed E-state index contributed by atoms with van der Waals surface area (Å²) in [4.78, 5) is 45.7. The highest BCUT2D eigenvalue weighted by Crippen LogP contribution is 2.48. The molecule has 2 fully saturated rings. The van der Waals surface area contributed by atoms with E-state index in [1.807, 2.05) is 95.9 Å². The molecule has 3 N–H and O–H groups in total. The Balaban J connectivity index is 1.40. The smallest absolute Gasteiger partial charge is 0.248 e. The predicted octanol–water partition coefficient (Wildman–Crippen LogP) is 2.93. The molecule has 0 bridgehead atoms. The molecule has 0 aromatic heterocycles. The molecule has 262 valence electrons. The number of sulfonamides is 1. The summed E-state index contributed by atoms with van der Waals surface area (Å²) in [7, 11) is -2.00. The maximum atomic E-state index is 14.6. The molecular weight excluding hydrogens is 639 g/mol. The lowest BCUT2D eigenvalue weighted by molar-refractivity contribution is -0.141. The van der Waals surface area contributed by atoms with Gasteiger partial charge in [0, 0.05) is 25.7 Å². The van der Waals surface area contributed by atoms with Gasteiger partial charge in [0.2, 0.25) is 27.7 Å². The second-order valence-electron chi connectivity index (χ2n) is 13.5. The van der Waals surface area contributed by atoms with Gasteiger partial charge in [0.1, 0.15) is 11.6 Å². The molecule has 3 amide bonds. The molecule has 1 saturated heterocycles. The summed E-state index contributed by atoms with van der Waals surface area (Å²) in [6.45, 7) is 2.91. The summed E-state index contributed by atoms with van der Waals surface area (Å²) < 4.78 is 27.6. The van der Waals surface area contributed by atoms with Gasteiger partial charge in [-0.25, -0.2) is 13.1 Å². The quantitative estimate of drug-likeness (QED) is 0.213. The molecule has 3 aromatic rings. The van der Waals surface area contributed by atoms with Crippen LogP contribution in [0.3, 0.4) is 0 Å². The summed E-state index contributed by atoms with van der Waals surface area (Å²) in [5.74, 6) is -0.721. The third kappa shape index (κ3) is 9.55. The molecule has 2 aliphatic rings. The van der Waals surface area contributed by atoms with Crippen molar-refractivity contribution in [3.63, 3.8) is 0 Å². The van der Waals surface area contributed by atoms with E-state index in [-0.39, 0.29) is 42.6 Å². The second-order valence-corrected chi connectivity index (χ2v) is 15.3. The number of likely N-dealkylation sites (N-methyl/N-ethyl adjacent to an activating group) is 1. The Kier molecular flexibility index (Phi) is 11.9. The molecular formula is C38H49N5O5S. The van der Waals surface area contributed by atoms with Crippen LogP contribution in [0.25, 0.3) is 0 Å². The molecule has 5 rings (SSSR count). The first kappa shape index (κ1) is 36.2. The van der Waals surface area contributed by atoms with Gasteiger partial charge in [-0.2, -0.15) is 0 Å². The van der Waals surface area contributed by atoms with Crippen molar-refractivity contribution in [3.05, 3.63) is 108 Å². The maximum Gasteiger partial charge on any atom is 0.248 e. The van der Waals surface area contributed by atoms with Crippen LogP contribution in [0.15, 0.2) is 91.0 Å². The highest BCUT2D eigenvalue weighted by molar-refractivity contribution is 7.88. The van der Waals surface area contributed by atoms with Crippen molar-refractivity contribution < 1.29 is 22.8 Å². The first-order valence-electron chi connectivity index (χ1n) is 17.2. The van der Waals surface area contributed by atoms with Crippen molar-refractivity contribution in [1.29, 1.82) is 0 Å². The molecule has 49 heavy (non-hydrogen) atoms. The van der Waals surface area contributed by atoms with E-state index in [1.54, 1.807) is 18.9 Å². The molecule has 1 heterocycles. The summed E-state index contributed by atoms with van der Waals surface area (Å²) in [6.07, 6.45) is 4.51. The van der Waals surface area contributed by atoms with E-state index in [1.165, 1.54) is 0 Å². The van der Waals surface area contributed by atoms with Crippen molar-refractivity contribution in [2.24, 2.45) is 5.92 Å². The minimum Gasteiger partial charge on any atom is -0.340 e. The summed E-state index contributed by atoms with van der Waals surface area (Å²) in [5, 5.41) is 6.11. The minimum absolute atomic E-state index is 0.0540. The molecule has 1 aliphatic heterocycles. The second kappa shape index (κ2) is 16.1. The molecule has 0 radical (unpaired) electrons. The number of hydrogen-bond acceptors (Lipinski definition) is 6. The zero-order valence-electron chi connectivity index (χ0n) is 28.7. The van der Waals surface area contributed by atoms with Crippen LogP contribution >= 0.6 is 0 Å². The van der Waals surface area contributed by atoms with Gasteiger partial charge >= 0.3 is 0 Å². The van der Waals surface area contributed by atoms with E-state index in [0.29, 0.717) is 38.8 Å². The van der Waals surface area contributed by atoms with Crippen LogP contribution in [0, 0.1) is 5.92 Å². The first-order chi connectivity index (χ1) is 23.5. The lowest BCUT2D eigenvalue weighted by atomic mass is 10.0. The van der Waals surface area contributed by atoms with Crippen molar-refractivity contribution in [1.82, 2.24) is 25.2 Å². The van der Waals surface area contributed by atoms with E-state index in [0.717, 1.165) is 29.4 Å². The lowest BCUT2D eigenvalue weighted by Gasteiger charge is -2.35. The van der Waals surface area contributed by atoms with Crippen LogP contribution in [-0.4, -0.2) is 92.5 Å². The highest BCUT2D eigenvalue weighted by Gasteiger charge is 2.63. The molecule has 5 atom stereocenters. The zero-order chi connectivity index (χ0) is 35.0. The van der Waals surface area contributed by atoms with Crippen LogP contribution in [0.5, 0.6) is 0 Å². The van der Waals surface area contributed by atoms with Gasteiger partial charge in [-0.1, -0.05) is 91.0 Å². The Labute approximate surface area is 290 Å². The number of benzene rings is 3. The molecule has 1 aliphatic carbocycles. The van der Waals surface area contributed by atoms with E-state index in [9.17, 15) is 22.8 Å². The summed E-state index contributed by atoms with van der Waals surface area (Å²) in [6, 6.07) is 27.4. The number of carbonyl (C=O) groups excluding carboxylic acids is 3. The molecule has 1 saturated carbocycles. The SMILES string of the molecule is CN[C@@H](C)C(=O)NC1(C(=O)N2CCC[C@H]2CN(CCc2ccccc2)C(=O)[C@@H](Cc2ccccc2)NS(C)(=O)=O)CC1Cc1ccccc1. The molecule has 10 nitrogen and oxygen atoms in total. The van der Waals surface area contributed by atoms with Crippen LogP contribution in [0.2, 0.25) is 0 Å². The van der Waals surface area contributed by atoms with Crippen LogP contribution in [0.1, 0.15) is 42.9 Å². The monoisotopic (exact) mass is 687 g/mol. The Morgan fingerprint density at radius 3 is 2.10 bits per heavy atom. The van der Waals surface area contributed by atoms with E-state index >= 15 is 0 Å². The summed E-state index contributed by atoms with van der Waals surface area (Å²) in [5.41, 5.74) is 1.98. The fourth-order valence-corrected chi connectivity index (χ4v) is 7.62. The van der Waals surface area contributed by atoms with E-state index < -0.39 is 27.6 Å². The first-order valence-corrected chi connectivity index (χ1v) is 19.1. The van der Waals surface area contributed by atoms with E-state index in [4.69, 9.17) is 0 Å². The minimum atomic E-state index is -3.71. The largest absolute Gasteiger partial charge is 0.340 e. The van der Waals surface area contributed by atoms with Crippen molar-refractivity contribution in [3.8, 4) is 0 Å². The van der Waals surface area contributed by atoms with Crippen LogP contribution in [-0.2, 0) is 43.7 Å². The van der Waals surface area contributed by atoms with Gasteiger partial charge in [0.15, 0.2) is 0 Å². The fraction of sp³-hybridized carbons (Fsp3) is 0.447. The van der Waals surface area contributed by atoms with E-state index in [2.05, 4.69) is 15.4 Å². The Morgan fingerprint density at radius 1 is 0.918 bits per heavy atom. The number of likely N-dealkylation sites (tertiary alicyclic amines) is 1. The normalized spacial score (nSPS) is 21.5. The Bertz CT molecular complexity index is 1670. The van der Waals surface area contributed by atoms with Crippen LogP contribution < -0.4 is 15.4 Å². The van der Waals surface area contributed by atoms with Crippen molar-refractivity contribution in [2.45, 2.75) is 69.1 Å². The number of carbonyl (C=O) groups is 3. The zero-order valence-corrected chi connectivity index (χ0v) is 29.5. The maximum absolute atomic E-state index is 14.6. The highest BCUT2D eigenvalue weighted by atomic mass is 32.2. The number of nitrogens with zero attached hydrogens (tertiary/aromatic N) is 2. The average Bonchev–Trinajstić information content (AvgIpc) is 3.57. The lowest BCUT2D eigenvalue weighted by Crippen LogP contribution is -2.58. The third-order valence-corrected chi connectivity index (χ3v) is 10.5. The number of hydrogen-bond donors (Lipinski definition) is 3. The number of rotatable bonds is 16. The molecule has 3 aromatic carbocycles.